The van der Waals surface area contributed by atoms with Crippen LogP contribution in [0.1, 0.15) is 39.3 Å². The highest BCUT2D eigenvalue weighted by molar-refractivity contribution is 6.32. The second-order valence-electron chi connectivity index (χ2n) is 11.4. The molecule has 1 heterocycles. The predicted octanol–water partition coefficient (Wildman–Crippen LogP) is 5.45. The minimum Gasteiger partial charge on any atom is -0.274 e. The van der Waals surface area contributed by atoms with E-state index in [0.29, 0.717) is 16.3 Å². The van der Waals surface area contributed by atoms with Crippen LogP contribution in [0, 0.1) is 28.9 Å². The normalized spacial score (nSPS) is 23.0. The van der Waals surface area contributed by atoms with E-state index in [1.54, 1.807) is 24.4 Å². The number of hydrogen-bond donors (Lipinski definition) is 1. The monoisotopic (exact) mass is 604 g/mol. The summed E-state index contributed by atoms with van der Waals surface area (Å²) in [5.74, 6) is -2.90. The van der Waals surface area contributed by atoms with Crippen LogP contribution in [-0.4, -0.2) is 28.9 Å². The molecule has 0 radical (unpaired) electrons. The van der Waals surface area contributed by atoms with E-state index < -0.39 is 28.1 Å². The summed E-state index contributed by atoms with van der Waals surface area (Å²) in [5, 5.41) is 15.8. The topological polar surface area (TPSA) is 122 Å². The lowest BCUT2D eigenvalue weighted by atomic mass is 9.47. The van der Waals surface area contributed by atoms with Gasteiger partial charge in [0.25, 0.3) is 5.69 Å². The number of nitro groups is 1. The molecular formula is C34H25ClN4O5. The molecule has 4 aromatic rings. The lowest BCUT2D eigenvalue weighted by Crippen LogP contribution is -2.54. The lowest BCUT2D eigenvalue weighted by Gasteiger charge is -2.52. The number of amides is 3. The number of benzene rings is 4. The van der Waals surface area contributed by atoms with E-state index in [1.807, 2.05) is 55.5 Å². The summed E-state index contributed by atoms with van der Waals surface area (Å²) >= 11 is 6.42. The molecule has 2 atom stereocenters. The van der Waals surface area contributed by atoms with Crippen molar-refractivity contribution < 1.29 is 19.3 Å². The van der Waals surface area contributed by atoms with Gasteiger partial charge in [-0.3, -0.25) is 24.5 Å². The summed E-state index contributed by atoms with van der Waals surface area (Å²) < 4.78 is 0. The molecule has 10 heteroatoms. The second kappa shape index (κ2) is 10.2. The molecular weight excluding hydrogens is 580 g/mol. The van der Waals surface area contributed by atoms with Crippen LogP contribution >= 0.6 is 11.6 Å². The highest BCUT2D eigenvalue weighted by atomic mass is 35.5. The van der Waals surface area contributed by atoms with Gasteiger partial charge in [0.15, 0.2) is 0 Å². The van der Waals surface area contributed by atoms with Gasteiger partial charge in [0, 0.05) is 29.3 Å². The smallest absolute Gasteiger partial charge is 0.269 e. The molecule has 3 aliphatic carbocycles. The molecule has 2 bridgehead atoms. The molecule has 1 fully saturated rings. The molecule has 9 nitrogen and oxygen atoms in total. The van der Waals surface area contributed by atoms with Gasteiger partial charge in [0.2, 0.25) is 17.7 Å². The third kappa shape index (κ3) is 4.00. The Labute approximate surface area is 257 Å². The van der Waals surface area contributed by atoms with Gasteiger partial charge in [-0.25, -0.2) is 10.3 Å². The van der Waals surface area contributed by atoms with Crippen LogP contribution in [0.2, 0.25) is 5.02 Å². The Kier molecular flexibility index (Phi) is 6.44. The van der Waals surface area contributed by atoms with Gasteiger partial charge < -0.3 is 0 Å². The largest absolute Gasteiger partial charge is 0.274 e. The molecule has 218 valence electrons. The summed E-state index contributed by atoms with van der Waals surface area (Å²) in [4.78, 5) is 53.3. The average Bonchev–Trinajstić information content (AvgIpc) is 3.29. The quantitative estimate of drug-likeness (QED) is 0.136. The molecule has 1 aliphatic heterocycles. The second-order valence-corrected chi connectivity index (χ2v) is 11.8. The van der Waals surface area contributed by atoms with Crippen LogP contribution in [0.25, 0.3) is 0 Å². The maximum absolute atomic E-state index is 14.4. The molecule has 0 saturated carbocycles. The van der Waals surface area contributed by atoms with Crippen molar-refractivity contribution in [2.24, 2.45) is 16.9 Å². The summed E-state index contributed by atoms with van der Waals surface area (Å²) in [7, 11) is 0. The summed E-state index contributed by atoms with van der Waals surface area (Å²) in [5.41, 5.74) is 6.84. The van der Waals surface area contributed by atoms with Crippen molar-refractivity contribution in [3.05, 3.63) is 140 Å². The number of rotatable bonds is 6. The van der Waals surface area contributed by atoms with Gasteiger partial charge in [-0.2, -0.15) is 5.10 Å². The number of carbonyl (C=O) groups is 3. The van der Waals surface area contributed by atoms with Gasteiger partial charge in [0.05, 0.1) is 34.3 Å². The zero-order chi connectivity index (χ0) is 30.7. The summed E-state index contributed by atoms with van der Waals surface area (Å²) in [6, 6.07) is 26.4. The van der Waals surface area contributed by atoms with Crippen LogP contribution in [-0.2, 0) is 26.2 Å². The molecule has 44 heavy (non-hydrogen) atoms. The first-order valence-corrected chi connectivity index (χ1v) is 14.5. The number of nitrogens with one attached hydrogen (secondary N) is 1. The van der Waals surface area contributed by atoms with Crippen LogP contribution in [0.3, 0.4) is 0 Å². The fraction of sp³-hybridized carbons (Fsp3) is 0.176. The Morgan fingerprint density at radius 1 is 0.977 bits per heavy atom. The summed E-state index contributed by atoms with van der Waals surface area (Å²) in [6.07, 6.45) is 1.55. The van der Waals surface area contributed by atoms with Crippen LogP contribution < -0.4 is 10.3 Å². The van der Waals surface area contributed by atoms with Crippen LogP contribution in [0.4, 0.5) is 11.4 Å². The third-order valence-electron chi connectivity index (χ3n) is 9.07. The number of imide groups is 1. The number of non-ortho nitro benzene ring substituents is 1. The SMILES string of the molecule is Cc1ccc(N2C(=O)C3C4c5ccccc5C(/C=N/NC(=O)Cc5ccc([N+](=O)[O-])cc5)(c5ccccc54)C3C2=O)cc1Cl. The third-order valence-corrected chi connectivity index (χ3v) is 9.47. The Morgan fingerprint density at radius 2 is 1.61 bits per heavy atom. The minimum atomic E-state index is -1.14. The first-order valence-electron chi connectivity index (χ1n) is 14.1. The van der Waals surface area contributed by atoms with Gasteiger partial charge in [0.1, 0.15) is 0 Å². The Hall–Kier alpha value is -5.15. The van der Waals surface area contributed by atoms with E-state index >= 15 is 0 Å². The maximum atomic E-state index is 14.4. The number of nitro benzene ring substituents is 1. The predicted molar refractivity (Wildman–Crippen MR) is 165 cm³/mol. The highest BCUT2D eigenvalue weighted by Gasteiger charge is 2.68. The number of aryl methyl sites for hydroxylation is 1. The van der Waals surface area contributed by atoms with Crippen LogP contribution in [0.15, 0.2) is 96.1 Å². The lowest BCUT2D eigenvalue weighted by molar-refractivity contribution is -0.384. The van der Waals surface area contributed by atoms with Gasteiger partial charge >= 0.3 is 0 Å². The van der Waals surface area contributed by atoms with Crippen LogP contribution in [0.5, 0.6) is 0 Å². The summed E-state index contributed by atoms with van der Waals surface area (Å²) in [6.45, 7) is 1.86. The van der Waals surface area contributed by atoms with Crippen molar-refractivity contribution in [3.8, 4) is 0 Å². The number of hydrazone groups is 1. The number of hydrogen-bond acceptors (Lipinski definition) is 6. The zero-order valence-corrected chi connectivity index (χ0v) is 24.2. The van der Waals surface area contributed by atoms with Gasteiger partial charge in [-0.15, -0.1) is 0 Å². The van der Waals surface area contributed by atoms with E-state index in [9.17, 15) is 24.5 Å². The molecule has 0 aromatic heterocycles. The first-order chi connectivity index (χ1) is 21.2. The van der Waals surface area contributed by atoms with Crippen molar-refractivity contribution in [2.45, 2.75) is 24.7 Å². The first kappa shape index (κ1) is 27.7. The molecule has 4 aromatic carbocycles. The van der Waals surface area contributed by atoms with E-state index in [2.05, 4.69) is 10.5 Å². The standard InChI is InChI=1S/C34H25ClN4O5/c1-19-10-13-22(17-27(19)35)38-32(41)30-29-23-6-2-4-8-25(23)34(31(30)33(38)42,26-9-5-3-7-24(26)29)18-36-37-28(40)16-20-11-14-21(15-12-20)39(43)44/h2-15,17-18,29-31H,16H2,1H3,(H,37,40)/b36-18+. The zero-order valence-electron chi connectivity index (χ0n) is 23.4. The van der Waals surface area contributed by atoms with E-state index in [0.717, 1.165) is 27.8 Å². The molecule has 4 aliphatic rings. The molecule has 3 amide bonds. The average molecular weight is 605 g/mol. The fourth-order valence-electron chi connectivity index (χ4n) is 7.19. The van der Waals surface area contributed by atoms with Crippen molar-refractivity contribution in [3.63, 3.8) is 0 Å². The van der Waals surface area contributed by atoms with E-state index in [1.165, 1.54) is 29.2 Å². The molecule has 2 unspecified atom stereocenters. The number of halogens is 1. The highest BCUT2D eigenvalue weighted by Crippen LogP contribution is 2.63. The minimum absolute atomic E-state index is 0.0526. The Balaban J connectivity index is 1.31. The van der Waals surface area contributed by atoms with Crippen molar-refractivity contribution in [2.75, 3.05) is 4.90 Å². The number of nitrogens with zero attached hydrogens (tertiary/aromatic N) is 3. The number of carbonyl (C=O) groups excluding carboxylic acids is 3. The fourth-order valence-corrected chi connectivity index (χ4v) is 7.37. The van der Waals surface area contributed by atoms with Crippen molar-refractivity contribution in [1.29, 1.82) is 0 Å². The van der Waals surface area contributed by atoms with Gasteiger partial charge in [-0.05, 0) is 52.4 Å². The molecule has 8 rings (SSSR count). The van der Waals surface area contributed by atoms with Gasteiger partial charge in [-0.1, -0.05) is 78.3 Å². The molecule has 1 saturated heterocycles. The van der Waals surface area contributed by atoms with E-state index in [4.69, 9.17) is 11.6 Å². The Bertz CT molecular complexity index is 1870. The maximum Gasteiger partial charge on any atom is 0.269 e. The van der Waals surface area contributed by atoms with Crippen molar-refractivity contribution >= 4 is 46.9 Å². The molecule has 1 N–H and O–H groups in total. The van der Waals surface area contributed by atoms with Crippen molar-refractivity contribution in [1.82, 2.24) is 5.43 Å². The molecule has 0 spiro atoms. The Morgan fingerprint density at radius 3 is 2.23 bits per heavy atom. The van der Waals surface area contributed by atoms with E-state index in [-0.39, 0.29) is 29.8 Å². The number of anilines is 1.